The summed E-state index contributed by atoms with van der Waals surface area (Å²) in [5.74, 6) is 0.764. The number of rotatable bonds is 5. The zero-order valence-corrected chi connectivity index (χ0v) is 12.5. The zero-order valence-electron chi connectivity index (χ0n) is 10.8. The number of hydrogen-bond donors (Lipinski definition) is 0. The van der Waals surface area contributed by atoms with E-state index in [9.17, 15) is 0 Å². The molecule has 2 heterocycles. The van der Waals surface area contributed by atoms with Crippen molar-refractivity contribution in [2.75, 3.05) is 0 Å². The van der Waals surface area contributed by atoms with E-state index >= 15 is 0 Å². The standard InChI is InChI=1S/C15H20S2/c1-4-6-12(5-2)13-9-10-15(17-13)14-8-7-11(3)16-14/h7-10,12H,4-6H2,1-3H3. The molecule has 0 aliphatic rings. The third-order valence-corrected chi connectivity index (χ3v) is 5.59. The number of hydrogen-bond acceptors (Lipinski definition) is 2. The van der Waals surface area contributed by atoms with E-state index in [1.807, 2.05) is 22.7 Å². The number of thiophene rings is 2. The summed E-state index contributed by atoms with van der Waals surface area (Å²) in [6.07, 6.45) is 3.86. The van der Waals surface area contributed by atoms with Crippen molar-refractivity contribution in [3.8, 4) is 9.75 Å². The highest BCUT2D eigenvalue weighted by Crippen LogP contribution is 2.38. The topological polar surface area (TPSA) is 0 Å². The van der Waals surface area contributed by atoms with Gasteiger partial charge in [0, 0.05) is 19.5 Å². The molecule has 0 amide bonds. The van der Waals surface area contributed by atoms with Crippen LogP contribution >= 0.6 is 22.7 Å². The van der Waals surface area contributed by atoms with Crippen molar-refractivity contribution in [1.82, 2.24) is 0 Å². The van der Waals surface area contributed by atoms with E-state index in [4.69, 9.17) is 0 Å². The Morgan fingerprint density at radius 1 is 1.00 bits per heavy atom. The Morgan fingerprint density at radius 2 is 1.71 bits per heavy atom. The van der Waals surface area contributed by atoms with Crippen molar-refractivity contribution in [2.45, 2.75) is 46.0 Å². The maximum Gasteiger partial charge on any atom is 0.0445 e. The van der Waals surface area contributed by atoms with Crippen LogP contribution in [0.25, 0.3) is 9.75 Å². The fourth-order valence-electron chi connectivity index (χ4n) is 2.17. The molecule has 0 bridgehead atoms. The zero-order chi connectivity index (χ0) is 12.3. The average Bonchev–Trinajstić information content (AvgIpc) is 2.94. The first-order valence-electron chi connectivity index (χ1n) is 6.41. The monoisotopic (exact) mass is 264 g/mol. The smallest absolute Gasteiger partial charge is 0.0445 e. The maximum atomic E-state index is 2.33. The molecule has 0 aliphatic heterocycles. The van der Waals surface area contributed by atoms with Crippen LogP contribution in [-0.2, 0) is 0 Å². The summed E-state index contributed by atoms with van der Waals surface area (Å²) in [5, 5.41) is 0. The van der Waals surface area contributed by atoms with Gasteiger partial charge in [-0.25, -0.2) is 0 Å². The predicted molar refractivity (Wildman–Crippen MR) is 80.3 cm³/mol. The molecule has 0 aromatic carbocycles. The van der Waals surface area contributed by atoms with Gasteiger partial charge in [0.1, 0.15) is 0 Å². The molecule has 0 aliphatic carbocycles. The minimum atomic E-state index is 0.764. The second kappa shape index (κ2) is 5.83. The van der Waals surface area contributed by atoms with Crippen LogP contribution in [0.5, 0.6) is 0 Å². The van der Waals surface area contributed by atoms with Gasteiger partial charge in [0.15, 0.2) is 0 Å². The summed E-state index contributed by atoms with van der Waals surface area (Å²) in [6, 6.07) is 9.08. The summed E-state index contributed by atoms with van der Waals surface area (Å²) in [7, 11) is 0. The molecule has 0 spiro atoms. The van der Waals surface area contributed by atoms with Crippen LogP contribution in [-0.4, -0.2) is 0 Å². The van der Waals surface area contributed by atoms with Crippen molar-refractivity contribution in [3.63, 3.8) is 0 Å². The average molecular weight is 264 g/mol. The van der Waals surface area contributed by atoms with E-state index in [1.54, 1.807) is 4.88 Å². The molecule has 2 heteroatoms. The van der Waals surface area contributed by atoms with Crippen LogP contribution in [0.2, 0.25) is 0 Å². The molecule has 1 atom stereocenters. The SMILES string of the molecule is CCCC(CC)c1ccc(-c2ccc(C)s2)s1. The van der Waals surface area contributed by atoms with Gasteiger partial charge in [-0.3, -0.25) is 0 Å². The fourth-order valence-corrected chi connectivity index (χ4v) is 4.35. The molecule has 0 nitrogen and oxygen atoms in total. The Morgan fingerprint density at radius 3 is 2.29 bits per heavy atom. The van der Waals surface area contributed by atoms with Gasteiger partial charge < -0.3 is 0 Å². The van der Waals surface area contributed by atoms with E-state index < -0.39 is 0 Å². The molecule has 92 valence electrons. The van der Waals surface area contributed by atoms with Crippen LogP contribution in [0.15, 0.2) is 24.3 Å². The molecule has 2 aromatic heterocycles. The second-order valence-electron chi connectivity index (χ2n) is 4.51. The minimum Gasteiger partial charge on any atom is -0.140 e. The first-order valence-corrected chi connectivity index (χ1v) is 8.04. The van der Waals surface area contributed by atoms with E-state index in [0.717, 1.165) is 5.92 Å². The molecule has 0 saturated carbocycles. The second-order valence-corrected chi connectivity index (χ2v) is 6.91. The maximum absolute atomic E-state index is 2.33. The van der Waals surface area contributed by atoms with Crippen LogP contribution in [0, 0.1) is 6.92 Å². The molecule has 2 aromatic rings. The minimum absolute atomic E-state index is 0.764. The van der Waals surface area contributed by atoms with Crippen LogP contribution in [0.3, 0.4) is 0 Å². The Labute approximate surface area is 112 Å². The fraction of sp³-hybridized carbons (Fsp3) is 0.467. The summed E-state index contributed by atoms with van der Waals surface area (Å²) in [5.41, 5.74) is 0. The normalized spacial score (nSPS) is 12.9. The van der Waals surface area contributed by atoms with Crippen LogP contribution in [0.4, 0.5) is 0 Å². The molecular formula is C15H20S2. The molecule has 1 unspecified atom stereocenters. The Bertz CT molecular complexity index is 465. The molecular weight excluding hydrogens is 244 g/mol. The van der Waals surface area contributed by atoms with Gasteiger partial charge in [-0.15, -0.1) is 22.7 Å². The third-order valence-electron chi connectivity index (χ3n) is 3.14. The number of aryl methyl sites for hydroxylation is 1. The van der Waals surface area contributed by atoms with Crippen molar-refractivity contribution in [3.05, 3.63) is 34.0 Å². The summed E-state index contributed by atoms with van der Waals surface area (Å²) >= 11 is 3.88. The predicted octanol–water partition coefficient (Wildman–Crippen LogP) is 6.08. The van der Waals surface area contributed by atoms with Gasteiger partial charge >= 0.3 is 0 Å². The van der Waals surface area contributed by atoms with E-state index in [2.05, 4.69) is 45.0 Å². The lowest BCUT2D eigenvalue weighted by atomic mass is 9.99. The van der Waals surface area contributed by atoms with Gasteiger partial charge in [-0.2, -0.15) is 0 Å². The molecule has 17 heavy (non-hydrogen) atoms. The van der Waals surface area contributed by atoms with Crippen LogP contribution in [0.1, 0.15) is 48.8 Å². The lowest BCUT2D eigenvalue weighted by Gasteiger charge is -2.10. The summed E-state index contributed by atoms with van der Waals surface area (Å²) in [4.78, 5) is 5.82. The summed E-state index contributed by atoms with van der Waals surface area (Å²) < 4.78 is 0. The molecule has 0 fully saturated rings. The van der Waals surface area contributed by atoms with Gasteiger partial charge in [-0.1, -0.05) is 20.3 Å². The van der Waals surface area contributed by atoms with E-state index in [1.165, 1.54) is 33.9 Å². The molecule has 2 rings (SSSR count). The Kier molecular flexibility index (Phi) is 4.41. The largest absolute Gasteiger partial charge is 0.140 e. The Balaban J connectivity index is 2.20. The van der Waals surface area contributed by atoms with Crippen molar-refractivity contribution in [2.24, 2.45) is 0 Å². The van der Waals surface area contributed by atoms with Gasteiger partial charge in [0.25, 0.3) is 0 Å². The highest BCUT2D eigenvalue weighted by atomic mass is 32.1. The van der Waals surface area contributed by atoms with Gasteiger partial charge in [0.05, 0.1) is 0 Å². The van der Waals surface area contributed by atoms with Crippen molar-refractivity contribution in [1.29, 1.82) is 0 Å². The first-order chi connectivity index (χ1) is 8.24. The van der Waals surface area contributed by atoms with Crippen molar-refractivity contribution >= 4 is 22.7 Å². The Hall–Kier alpha value is -0.600. The highest BCUT2D eigenvalue weighted by Gasteiger charge is 2.12. The quantitative estimate of drug-likeness (QED) is 0.614. The van der Waals surface area contributed by atoms with Crippen molar-refractivity contribution < 1.29 is 0 Å². The molecule has 0 radical (unpaired) electrons. The first kappa shape index (κ1) is 12.8. The third kappa shape index (κ3) is 2.99. The lowest BCUT2D eigenvalue weighted by molar-refractivity contribution is 0.605. The molecule has 0 saturated heterocycles. The van der Waals surface area contributed by atoms with Crippen LogP contribution < -0.4 is 0 Å². The van der Waals surface area contributed by atoms with E-state index in [0.29, 0.717) is 0 Å². The van der Waals surface area contributed by atoms with E-state index in [-0.39, 0.29) is 0 Å². The van der Waals surface area contributed by atoms with Gasteiger partial charge in [-0.05, 0) is 49.9 Å². The highest BCUT2D eigenvalue weighted by molar-refractivity contribution is 7.22. The molecule has 0 N–H and O–H groups in total. The van der Waals surface area contributed by atoms with Gasteiger partial charge in [0.2, 0.25) is 0 Å². The summed E-state index contributed by atoms with van der Waals surface area (Å²) in [6.45, 7) is 6.75. The lowest BCUT2D eigenvalue weighted by Crippen LogP contribution is -1.92.